The molecule has 26 heavy (non-hydrogen) atoms. The minimum atomic E-state index is -3.73. The second-order valence-corrected chi connectivity index (χ2v) is 8.44. The molecule has 1 aromatic rings. The number of aliphatic hydroxyl groups is 1. The van der Waals surface area contributed by atoms with E-state index in [-0.39, 0.29) is 29.0 Å². The highest BCUT2D eigenvalue weighted by molar-refractivity contribution is 7.89. The van der Waals surface area contributed by atoms with Crippen molar-refractivity contribution in [2.45, 2.75) is 31.1 Å². The third kappa shape index (κ3) is 5.09. The Labute approximate surface area is 159 Å². The zero-order chi connectivity index (χ0) is 19.2. The van der Waals surface area contributed by atoms with Gasteiger partial charge in [-0.25, -0.2) is 8.42 Å². The van der Waals surface area contributed by atoms with Crippen LogP contribution in [0.4, 0.5) is 0 Å². The Morgan fingerprint density at radius 2 is 2.23 bits per heavy atom. The summed E-state index contributed by atoms with van der Waals surface area (Å²) in [7, 11) is -3.73. The number of rotatable bonds is 8. The molecule has 1 aliphatic heterocycles. The number of benzene rings is 1. The molecule has 0 aromatic heterocycles. The minimum absolute atomic E-state index is 0.00392. The Balaban J connectivity index is 2.10. The molecule has 0 radical (unpaired) electrons. The molecule has 7 nitrogen and oxygen atoms in total. The largest absolute Gasteiger partial charge is 0.492 e. The summed E-state index contributed by atoms with van der Waals surface area (Å²) in [6, 6.07) is 4.39. The summed E-state index contributed by atoms with van der Waals surface area (Å²) < 4.78 is 32.5. The summed E-state index contributed by atoms with van der Waals surface area (Å²) in [6.45, 7) is 3.15. The monoisotopic (exact) mass is 404 g/mol. The van der Waals surface area contributed by atoms with Gasteiger partial charge < -0.3 is 15.2 Å². The van der Waals surface area contributed by atoms with Crippen molar-refractivity contribution in [2.24, 2.45) is 5.92 Å². The van der Waals surface area contributed by atoms with Gasteiger partial charge in [0.05, 0.1) is 22.4 Å². The average Bonchev–Trinajstić information content (AvgIpc) is 2.63. The van der Waals surface area contributed by atoms with E-state index in [0.717, 1.165) is 0 Å². The number of hydrogen-bond donors (Lipinski definition) is 2. The number of sulfonamides is 1. The Kier molecular flexibility index (Phi) is 7.69. The number of nitrogens with one attached hydrogen (secondary N) is 1. The number of piperidine rings is 1. The summed E-state index contributed by atoms with van der Waals surface area (Å²) >= 11 is 6.11. The van der Waals surface area contributed by atoms with Gasteiger partial charge in [-0.2, -0.15) is 4.31 Å². The first-order chi connectivity index (χ1) is 12.4. The Bertz CT molecular complexity index is 726. The number of carbonyl (C=O) groups is 1. The third-order valence-electron chi connectivity index (χ3n) is 4.23. The Morgan fingerprint density at radius 1 is 1.46 bits per heavy atom. The molecule has 0 bridgehead atoms. The van der Waals surface area contributed by atoms with Crippen molar-refractivity contribution < 1.29 is 23.1 Å². The van der Waals surface area contributed by atoms with Gasteiger partial charge in [0, 0.05) is 26.2 Å². The van der Waals surface area contributed by atoms with E-state index in [4.69, 9.17) is 21.4 Å². The van der Waals surface area contributed by atoms with Gasteiger partial charge in [-0.05, 0) is 44.4 Å². The molecule has 9 heteroatoms. The number of aliphatic hydroxyl groups excluding tert-OH is 1. The molecule has 1 aromatic carbocycles. The van der Waals surface area contributed by atoms with Gasteiger partial charge in [0.25, 0.3) is 0 Å². The van der Waals surface area contributed by atoms with Crippen LogP contribution >= 0.6 is 11.6 Å². The quantitative estimate of drug-likeness (QED) is 0.642. The van der Waals surface area contributed by atoms with Crippen molar-refractivity contribution in [1.29, 1.82) is 0 Å². The first-order valence-electron chi connectivity index (χ1n) is 8.71. The van der Waals surface area contributed by atoms with Crippen LogP contribution in [0.3, 0.4) is 0 Å². The summed E-state index contributed by atoms with van der Waals surface area (Å²) in [6.07, 6.45) is 1.73. The van der Waals surface area contributed by atoms with Crippen molar-refractivity contribution >= 4 is 27.5 Å². The van der Waals surface area contributed by atoms with Crippen LogP contribution in [0.1, 0.15) is 26.2 Å². The van der Waals surface area contributed by atoms with Gasteiger partial charge in [-0.1, -0.05) is 11.6 Å². The first-order valence-corrected chi connectivity index (χ1v) is 10.5. The van der Waals surface area contributed by atoms with E-state index < -0.39 is 15.9 Å². The fourth-order valence-electron chi connectivity index (χ4n) is 2.87. The zero-order valence-electron chi connectivity index (χ0n) is 14.8. The maximum atomic E-state index is 12.9. The molecule has 1 amide bonds. The van der Waals surface area contributed by atoms with Crippen LogP contribution in [0.2, 0.25) is 5.02 Å². The van der Waals surface area contributed by atoms with Crippen molar-refractivity contribution in [1.82, 2.24) is 9.62 Å². The van der Waals surface area contributed by atoms with Gasteiger partial charge in [0.2, 0.25) is 15.9 Å². The lowest BCUT2D eigenvalue weighted by atomic mass is 9.99. The van der Waals surface area contributed by atoms with E-state index in [1.165, 1.54) is 16.4 Å². The van der Waals surface area contributed by atoms with Crippen LogP contribution in [0, 0.1) is 5.92 Å². The molecule has 1 fully saturated rings. The fraction of sp³-hybridized carbons (Fsp3) is 0.588. The Morgan fingerprint density at radius 3 is 2.88 bits per heavy atom. The van der Waals surface area contributed by atoms with E-state index in [1.807, 2.05) is 6.92 Å². The number of carbonyl (C=O) groups excluding carboxylic acids is 1. The van der Waals surface area contributed by atoms with Gasteiger partial charge in [-0.15, -0.1) is 0 Å². The lowest BCUT2D eigenvalue weighted by Crippen LogP contribution is -2.45. The highest BCUT2D eigenvalue weighted by atomic mass is 35.5. The van der Waals surface area contributed by atoms with Crippen LogP contribution in [-0.4, -0.2) is 56.6 Å². The van der Waals surface area contributed by atoms with Gasteiger partial charge in [0.15, 0.2) is 0 Å². The summed E-state index contributed by atoms with van der Waals surface area (Å²) in [4.78, 5) is 12.3. The molecule has 1 atom stereocenters. The molecule has 0 aliphatic carbocycles. The second kappa shape index (κ2) is 9.55. The van der Waals surface area contributed by atoms with E-state index >= 15 is 0 Å². The van der Waals surface area contributed by atoms with Crippen LogP contribution in [0.25, 0.3) is 0 Å². The predicted molar refractivity (Wildman–Crippen MR) is 98.8 cm³/mol. The summed E-state index contributed by atoms with van der Waals surface area (Å²) in [5.74, 6) is -0.133. The lowest BCUT2D eigenvalue weighted by Gasteiger charge is -2.31. The highest BCUT2D eigenvalue weighted by Gasteiger charge is 2.33. The van der Waals surface area contributed by atoms with E-state index in [1.54, 1.807) is 6.07 Å². The Hall–Kier alpha value is -1.35. The number of nitrogens with zero attached hydrogens (tertiary/aromatic N) is 1. The molecule has 0 unspecified atom stereocenters. The molecule has 0 saturated carbocycles. The number of ether oxygens (including phenoxy) is 1. The smallest absolute Gasteiger partial charge is 0.243 e. The molecule has 1 heterocycles. The zero-order valence-corrected chi connectivity index (χ0v) is 16.4. The topological polar surface area (TPSA) is 95.9 Å². The maximum absolute atomic E-state index is 12.9. The number of halogens is 1. The summed E-state index contributed by atoms with van der Waals surface area (Å²) in [5, 5.41) is 11.8. The van der Waals surface area contributed by atoms with Crippen molar-refractivity contribution in [3.8, 4) is 5.75 Å². The standard InChI is InChI=1S/C17H25ClN2O5S/c1-2-25-16-7-6-14(11-15(16)18)26(23,24)20-9-3-5-13(12-20)17(22)19-8-4-10-21/h6-7,11,13,21H,2-5,8-10,12H2,1H3,(H,19,22)/t13-/m1/s1. The molecule has 2 N–H and O–H groups in total. The normalized spacial score (nSPS) is 18.5. The van der Waals surface area contributed by atoms with E-state index in [9.17, 15) is 13.2 Å². The van der Waals surface area contributed by atoms with Crippen LogP contribution < -0.4 is 10.1 Å². The van der Waals surface area contributed by atoms with Crippen LogP contribution in [0.15, 0.2) is 23.1 Å². The van der Waals surface area contributed by atoms with Gasteiger partial charge >= 0.3 is 0 Å². The highest BCUT2D eigenvalue weighted by Crippen LogP contribution is 2.30. The van der Waals surface area contributed by atoms with Crippen molar-refractivity contribution in [3.05, 3.63) is 23.2 Å². The number of amides is 1. The third-order valence-corrected chi connectivity index (χ3v) is 6.39. The minimum Gasteiger partial charge on any atom is -0.492 e. The van der Waals surface area contributed by atoms with Crippen molar-refractivity contribution in [2.75, 3.05) is 32.8 Å². The maximum Gasteiger partial charge on any atom is 0.243 e. The predicted octanol–water partition coefficient (Wildman–Crippen LogP) is 1.64. The number of hydrogen-bond acceptors (Lipinski definition) is 5. The van der Waals surface area contributed by atoms with Gasteiger partial charge in [-0.3, -0.25) is 4.79 Å². The average molecular weight is 405 g/mol. The molecule has 0 spiro atoms. The SMILES string of the molecule is CCOc1ccc(S(=O)(=O)N2CCC[C@@H](C(=O)NCCCO)C2)cc1Cl. The molecular weight excluding hydrogens is 380 g/mol. The molecule has 2 rings (SSSR count). The lowest BCUT2D eigenvalue weighted by molar-refractivity contribution is -0.126. The molecule has 1 aliphatic rings. The summed E-state index contributed by atoms with van der Waals surface area (Å²) in [5.41, 5.74) is 0. The second-order valence-electron chi connectivity index (χ2n) is 6.10. The molecule has 146 valence electrons. The molecular formula is C17H25ClN2O5S. The van der Waals surface area contributed by atoms with Crippen LogP contribution in [0.5, 0.6) is 5.75 Å². The van der Waals surface area contributed by atoms with Crippen molar-refractivity contribution in [3.63, 3.8) is 0 Å². The van der Waals surface area contributed by atoms with E-state index in [2.05, 4.69) is 5.32 Å². The fourth-order valence-corrected chi connectivity index (χ4v) is 4.72. The van der Waals surface area contributed by atoms with Gasteiger partial charge in [0.1, 0.15) is 5.75 Å². The van der Waals surface area contributed by atoms with E-state index in [0.29, 0.717) is 44.7 Å². The molecule has 1 saturated heterocycles. The first kappa shape index (κ1) is 21.0. The van der Waals surface area contributed by atoms with Crippen LogP contribution in [-0.2, 0) is 14.8 Å².